The minimum absolute atomic E-state index is 0.185. The molecular formula is C45H58ClN3O6. The number of carboxylic acids is 1. The van der Waals surface area contributed by atoms with Crippen molar-refractivity contribution in [1.29, 1.82) is 0 Å². The van der Waals surface area contributed by atoms with Gasteiger partial charge in [0.1, 0.15) is 11.3 Å². The van der Waals surface area contributed by atoms with Crippen LogP contribution in [0.25, 0.3) is 0 Å². The summed E-state index contributed by atoms with van der Waals surface area (Å²) in [6.45, 7) is 9.25. The third-order valence-corrected chi connectivity index (χ3v) is 13.9. The van der Waals surface area contributed by atoms with Gasteiger partial charge in [0.15, 0.2) is 11.5 Å². The van der Waals surface area contributed by atoms with Crippen LogP contribution >= 0.6 is 11.6 Å². The van der Waals surface area contributed by atoms with E-state index in [0.717, 1.165) is 74.7 Å². The molecule has 2 aliphatic heterocycles. The number of aliphatic carboxylic acids is 1. The minimum Gasteiger partial charge on any atom is -0.493 e. The summed E-state index contributed by atoms with van der Waals surface area (Å²) in [5.41, 5.74) is 4.56. The highest BCUT2D eigenvalue weighted by Gasteiger charge is 2.54. The molecule has 2 N–H and O–H groups in total. The summed E-state index contributed by atoms with van der Waals surface area (Å²) in [6.07, 6.45) is 12.1. The summed E-state index contributed by atoms with van der Waals surface area (Å²) in [5, 5.41) is 14.7. The SMILES string of the molecule is COC[C@@H]1CCCN1CC1COc2cc3c(cc2OC1)C1(CCC(Nc2cccc(Cl)c2)(C(=O)O)CC1)C(C[C@@H](C)COc1ccnc2c1[C@H](C)CCC2)C3. The van der Waals surface area contributed by atoms with E-state index in [-0.39, 0.29) is 11.3 Å². The van der Waals surface area contributed by atoms with Crippen LogP contribution < -0.4 is 19.5 Å². The lowest BCUT2D eigenvalue weighted by Crippen LogP contribution is -2.53. The van der Waals surface area contributed by atoms with Crippen molar-refractivity contribution in [3.63, 3.8) is 0 Å². The lowest BCUT2D eigenvalue weighted by atomic mass is 9.59. The molecule has 1 saturated heterocycles. The van der Waals surface area contributed by atoms with Gasteiger partial charge < -0.3 is 29.4 Å². The van der Waals surface area contributed by atoms with Gasteiger partial charge in [-0.2, -0.15) is 0 Å². The number of anilines is 1. The van der Waals surface area contributed by atoms with Crippen LogP contribution in [0.15, 0.2) is 48.7 Å². The zero-order valence-corrected chi connectivity index (χ0v) is 33.5. The predicted octanol–water partition coefficient (Wildman–Crippen LogP) is 8.70. The Morgan fingerprint density at radius 1 is 1.09 bits per heavy atom. The molecule has 1 aromatic heterocycles. The number of methoxy groups -OCH3 is 1. The van der Waals surface area contributed by atoms with Crippen molar-refractivity contribution < 1.29 is 28.8 Å². The number of hydrogen-bond acceptors (Lipinski definition) is 8. The Labute approximate surface area is 331 Å². The first-order chi connectivity index (χ1) is 26.7. The average Bonchev–Trinajstić information content (AvgIpc) is 3.65. The molecule has 296 valence electrons. The molecule has 8 rings (SSSR count). The largest absolute Gasteiger partial charge is 0.493 e. The van der Waals surface area contributed by atoms with Gasteiger partial charge in [0.05, 0.1) is 26.4 Å². The van der Waals surface area contributed by atoms with Gasteiger partial charge in [-0.25, -0.2) is 4.79 Å². The lowest BCUT2D eigenvalue weighted by Gasteiger charge is -2.47. The van der Waals surface area contributed by atoms with Gasteiger partial charge in [-0.05, 0) is 148 Å². The van der Waals surface area contributed by atoms with Gasteiger partial charge in [0.25, 0.3) is 0 Å². The number of benzene rings is 2. The molecule has 3 aromatic rings. The number of fused-ring (bicyclic) bond motifs is 4. The monoisotopic (exact) mass is 771 g/mol. The number of likely N-dealkylation sites (tertiary alicyclic amines) is 1. The Balaban J connectivity index is 1.03. The molecule has 10 heteroatoms. The molecule has 2 fully saturated rings. The summed E-state index contributed by atoms with van der Waals surface area (Å²) in [5.74, 6) is 3.16. The second-order valence-corrected chi connectivity index (χ2v) is 17.8. The van der Waals surface area contributed by atoms with E-state index >= 15 is 0 Å². The van der Waals surface area contributed by atoms with Crippen molar-refractivity contribution in [3.8, 4) is 17.2 Å². The third kappa shape index (κ3) is 7.78. The number of nitrogens with one attached hydrogen (secondary N) is 1. The van der Waals surface area contributed by atoms with Crippen molar-refractivity contribution in [2.24, 2.45) is 17.8 Å². The molecule has 2 unspecified atom stereocenters. The summed E-state index contributed by atoms with van der Waals surface area (Å²) in [4.78, 5) is 20.3. The van der Waals surface area contributed by atoms with Crippen molar-refractivity contribution in [2.75, 3.05) is 51.9 Å². The Morgan fingerprint density at radius 3 is 2.65 bits per heavy atom. The number of carboxylic acid groups (broad SMARTS) is 1. The van der Waals surface area contributed by atoms with Crippen LogP contribution in [0.1, 0.15) is 99.9 Å². The Morgan fingerprint density at radius 2 is 1.89 bits per heavy atom. The highest BCUT2D eigenvalue weighted by Crippen LogP contribution is 2.58. The Kier molecular flexibility index (Phi) is 11.3. The standard InChI is InChI=1S/C45H58ClN3O6/c1-29(25-53-39-12-17-47-38-11-4-7-30(2)42(38)39)19-33-20-32-21-40-41(55-27-31(26-54-40)24-49-18-6-10-36(49)28-52-3)23-37(32)44(33)13-15-45(16-14-44,43(50)51)48-35-9-5-8-34(46)22-35/h5,8-9,12,17,21-23,29-31,33,36,48H,4,6-7,10-11,13-16,18-20,24-28H2,1-3H3,(H,50,51)/t29-,30-,31?,33?,36+,44?,45?/m1/s1. The predicted molar refractivity (Wildman–Crippen MR) is 215 cm³/mol. The van der Waals surface area contributed by atoms with Gasteiger partial charge in [0, 0.05) is 53.8 Å². The van der Waals surface area contributed by atoms with E-state index in [9.17, 15) is 9.90 Å². The van der Waals surface area contributed by atoms with Crippen LogP contribution in [0, 0.1) is 17.8 Å². The maximum Gasteiger partial charge on any atom is 0.329 e. The van der Waals surface area contributed by atoms with E-state index in [1.165, 1.54) is 48.1 Å². The summed E-state index contributed by atoms with van der Waals surface area (Å²) in [6, 6.07) is 14.4. The molecule has 2 aromatic carbocycles. The second kappa shape index (κ2) is 16.1. The molecule has 3 heterocycles. The first kappa shape index (κ1) is 38.3. The second-order valence-electron chi connectivity index (χ2n) is 17.4. The van der Waals surface area contributed by atoms with Crippen LogP contribution in [-0.4, -0.2) is 79.2 Å². The van der Waals surface area contributed by atoms with Crippen LogP contribution in [0.5, 0.6) is 17.2 Å². The number of pyridine rings is 1. The molecule has 0 bridgehead atoms. The van der Waals surface area contributed by atoms with Crippen molar-refractivity contribution >= 4 is 23.3 Å². The number of carbonyl (C=O) groups is 1. The molecule has 0 radical (unpaired) electrons. The number of aromatic nitrogens is 1. The maximum atomic E-state index is 13.1. The van der Waals surface area contributed by atoms with Crippen LogP contribution in [0.3, 0.4) is 0 Å². The van der Waals surface area contributed by atoms with Crippen LogP contribution in [0.2, 0.25) is 5.02 Å². The van der Waals surface area contributed by atoms with Gasteiger partial charge in [0.2, 0.25) is 0 Å². The van der Waals surface area contributed by atoms with E-state index in [0.29, 0.717) is 61.5 Å². The molecule has 5 aliphatic rings. The summed E-state index contributed by atoms with van der Waals surface area (Å²) >= 11 is 6.33. The third-order valence-electron chi connectivity index (χ3n) is 13.7. The fourth-order valence-electron chi connectivity index (χ4n) is 10.8. The molecule has 1 saturated carbocycles. The van der Waals surface area contributed by atoms with Gasteiger partial charge in [-0.3, -0.25) is 9.88 Å². The van der Waals surface area contributed by atoms with E-state index in [2.05, 4.69) is 41.2 Å². The van der Waals surface area contributed by atoms with Crippen molar-refractivity contribution in [3.05, 3.63) is 76.1 Å². The molecular weight excluding hydrogens is 714 g/mol. The van der Waals surface area contributed by atoms with E-state index in [4.69, 9.17) is 30.5 Å². The van der Waals surface area contributed by atoms with Crippen LogP contribution in [0.4, 0.5) is 5.69 Å². The van der Waals surface area contributed by atoms with Gasteiger partial charge in [-0.1, -0.05) is 31.5 Å². The normalized spacial score (nSPS) is 29.3. The summed E-state index contributed by atoms with van der Waals surface area (Å²) < 4.78 is 25.3. The zero-order chi connectivity index (χ0) is 38.2. The van der Waals surface area contributed by atoms with E-state index < -0.39 is 11.5 Å². The van der Waals surface area contributed by atoms with Crippen molar-refractivity contribution in [2.45, 2.75) is 107 Å². The fraction of sp³-hybridized carbons (Fsp3) is 0.600. The van der Waals surface area contributed by atoms with Gasteiger partial charge in [-0.15, -0.1) is 0 Å². The number of halogens is 1. The molecule has 55 heavy (non-hydrogen) atoms. The van der Waals surface area contributed by atoms with E-state index in [1.807, 2.05) is 36.5 Å². The van der Waals surface area contributed by atoms with E-state index in [1.54, 1.807) is 7.11 Å². The van der Waals surface area contributed by atoms with Crippen molar-refractivity contribution in [1.82, 2.24) is 9.88 Å². The number of aryl methyl sites for hydroxylation is 1. The molecule has 3 aliphatic carbocycles. The molecule has 9 nitrogen and oxygen atoms in total. The number of rotatable bonds is 12. The number of hydrogen-bond donors (Lipinski definition) is 2. The molecule has 1 spiro atoms. The topological polar surface area (TPSA) is 102 Å². The molecule has 5 atom stereocenters. The fourth-order valence-corrected chi connectivity index (χ4v) is 10.9. The minimum atomic E-state index is -1.08. The lowest BCUT2D eigenvalue weighted by molar-refractivity contribution is -0.144. The highest BCUT2D eigenvalue weighted by atomic mass is 35.5. The molecule has 0 amide bonds. The number of ether oxygens (including phenoxy) is 4. The maximum absolute atomic E-state index is 13.1. The smallest absolute Gasteiger partial charge is 0.329 e. The number of nitrogens with zero attached hydrogens (tertiary/aromatic N) is 2. The van der Waals surface area contributed by atoms with Gasteiger partial charge >= 0.3 is 5.97 Å². The first-order valence-electron chi connectivity index (χ1n) is 20.7. The zero-order valence-electron chi connectivity index (χ0n) is 32.8. The quantitative estimate of drug-likeness (QED) is 0.187. The van der Waals surface area contributed by atoms with Crippen LogP contribution in [-0.2, 0) is 27.8 Å². The average molecular weight is 772 g/mol. The summed E-state index contributed by atoms with van der Waals surface area (Å²) in [7, 11) is 1.79. The Bertz CT molecular complexity index is 1840. The first-order valence-corrected chi connectivity index (χ1v) is 21.1. The Hall–Kier alpha value is -3.53. The highest BCUT2D eigenvalue weighted by molar-refractivity contribution is 6.30.